The summed E-state index contributed by atoms with van der Waals surface area (Å²) in [5.74, 6) is -0.158. The number of amides is 1. The molecule has 0 N–H and O–H groups in total. The van der Waals surface area contributed by atoms with Gasteiger partial charge < -0.3 is 4.90 Å². The van der Waals surface area contributed by atoms with Gasteiger partial charge in [-0.3, -0.25) is 14.2 Å². The third-order valence-corrected chi connectivity index (χ3v) is 6.09. The number of likely N-dealkylation sites (N-methyl/N-ethyl adjacent to an activating group) is 1. The van der Waals surface area contributed by atoms with Crippen molar-refractivity contribution in [2.24, 2.45) is 0 Å². The largest absolute Gasteiger partial charge is 0.311 e. The average molecular weight is 438 g/mol. The molecule has 0 aliphatic heterocycles. The van der Waals surface area contributed by atoms with E-state index >= 15 is 0 Å². The molecular weight excluding hydrogens is 418 g/mol. The number of carbonyl (C=O) groups is 1. The van der Waals surface area contributed by atoms with Crippen molar-refractivity contribution in [2.75, 3.05) is 11.4 Å². The number of fused-ring (bicyclic) bond motifs is 1. The van der Waals surface area contributed by atoms with Gasteiger partial charge in [-0.2, -0.15) is 0 Å². The number of rotatable bonds is 5. The fraction of sp³-hybridized carbons (Fsp3) is 0.174. The maximum Gasteiger partial charge on any atom is 0.263 e. The first-order valence-corrected chi connectivity index (χ1v) is 10.8. The number of carbonyl (C=O) groups excluding carboxylic acids is 1. The predicted octanol–water partition coefficient (Wildman–Crippen LogP) is 5.14. The lowest BCUT2D eigenvalue weighted by Gasteiger charge is -2.22. The van der Waals surface area contributed by atoms with E-state index in [-0.39, 0.29) is 18.0 Å². The average Bonchev–Trinajstić information content (AvgIpc) is 3.16. The molecule has 1 amide bonds. The maximum absolute atomic E-state index is 13.2. The summed E-state index contributed by atoms with van der Waals surface area (Å²) >= 11 is 7.40. The molecule has 0 radical (unpaired) electrons. The van der Waals surface area contributed by atoms with E-state index in [1.165, 1.54) is 22.2 Å². The van der Waals surface area contributed by atoms with Crippen molar-refractivity contribution >= 4 is 44.7 Å². The van der Waals surface area contributed by atoms with Crippen molar-refractivity contribution in [1.82, 2.24) is 9.55 Å². The van der Waals surface area contributed by atoms with Gasteiger partial charge in [-0.1, -0.05) is 35.9 Å². The zero-order valence-electron chi connectivity index (χ0n) is 16.6. The Labute approximate surface area is 183 Å². The zero-order valence-corrected chi connectivity index (χ0v) is 18.2. The lowest BCUT2D eigenvalue weighted by atomic mass is 10.1. The van der Waals surface area contributed by atoms with Gasteiger partial charge in [0.2, 0.25) is 5.91 Å². The molecule has 0 fully saturated rings. The van der Waals surface area contributed by atoms with Crippen molar-refractivity contribution in [3.8, 4) is 11.1 Å². The first-order chi connectivity index (χ1) is 14.5. The first-order valence-electron chi connectivity index (χ1n) is 9.57. The summed E-state index contributed by atoms with van der Waals surface area (Å²) in [4.78, 5) is 33.0. The van der Waals surface area contributed by atoms with Crippen LogP contribution in [0.5, 0.6) is 0 Å². The van der Waals surface area contributed by atoms with Crippen molar-refractivity contribution in [3.63, 3.8) is 0 Å². The summed E-state index contributed by atoms with van der Waals surface area (Å²) in [5.41, 5.74) is 3.37. The minimum Gasteiger partial charge on any atom is -0.311 e. The quantitative estimate of drug-likeness (QED) is 0.434. The lowest BCUT2D eigenvalue weighted by molar-refractivity contribution is -0.119. The Morgan fingerprint density at radius 3 is 2.67 bits per heavy atom. The van der Waals surface area contributed by atoms with E-state index in [2.05, 4.69) is 4.98 Å². The molecule has 2 heterocycles. The van der Waals surface area contributed by atoms with Crippen LogP contribution in [0.4, 0.5) is 5.69 Å². The van der Waals surface area contributed by atoms with Crippen LogP contribution in [0.3, 0.4) is 0 Å². The predicted molar refractivity (Wildman–Crippen MR) is 124 cm³/mol. The molecule has 0 aliphatic carbocycles. The number of halogens is 1. The Bertz CT molecular complexity index is 1280. The van der Waals surface area contributed by atoms with E-state index in [1.54, 1.807) is 17.0 Å². The number of hydrogen-bond acceptors (Lipinski definition) is 4. The van der Waals surface area contributed by atoms with E-state index in [1.807, 2.05) is 55.6 Å². The second-order valence-corrected chi connectivity index (χ2v) is 8.29. The summed E-state index contributed by atoms with van der Waals surface area (Å²) in [6.07, 6.45) is 1.45. The second-order valence-electron chi connectivity index (χ2n) is 6.99. The SMILES string of the molecule is CCN(C(=O)Cn1cnc2scc(-c3ccc(Cl)cc3)c2c1=O)c1cccc(C)c1. The number of aromatic nitrogens is 2. The number of nitrogens with zero attached hydrogens (tertiary/aromatic N) is 3. The summed E-state index contributed by atoms with van der Waals surface area (Å²) < 4.78 is 1.38. The van der Waals surface area contributed by atoms with Crippen LogP contribution in [-0.2, 0) is 11.3 Å². The van der Waals surface area contributed by atoms with Gasteiger partial charge in [0.25, 0.3) is 5.56 Å². The molecule has 0 saturated heterocycles. The van der Waals surface area contributed by atoms with Crippen molar-refractivity contribution in [3.05, 3.63) is 81.2 Å². The fourth-order valence-electron chi connectivity index (χ4n) is 3.45. The summed E-state index contributed by atoms with van der Waals surface area (Å²) in [5, 5.41) is 3.07. The van der Waals surface area contributed by atoms with Crippen LogP contribution in [0, 0.1) is 6.92 Å². The Morgan fingerprint density at radius 2 is 1.97 bits per heavy atom. The van der Waals surface area contributed by atoms with Gasteiger partial charge in [0.15, 0.2) is 0 Å². The summed E-state index contributed by atoms with van der Waals surface area (Å²) in [6, 6.07) is 15.1. The molecule has 2 aromatic carbocycles. The minimum absolute atomic E-state index is 0.0700. The van der Waals surface area contributed by atoms with Gasteiger partial charge in [-0.05, 0) is 49.2 Å². The molecule has 0 saturated carbocycles. The first kappa shape index (κ1) is 20.3. The van der Waals surface area contributed by atoms with Crippen LogP contribution in [0.1, 0.15) is 12.5 Å². The molecule has 4 aromatic rings. The molecule has 2 aromatic heterocycles. The molecule has 0 aliphatic rings. The molecule has 30 heavy (non-hydrogen) atoms. The smallest absolute Gasteiger partial charge is 0.263 e. The molecule has 7 heteroatoms. The monoisotopic (exact) mass is 437 g/mol. The maximum atomic E-state index is 13.2. The van der Waals surface area contributed by atoms with Crippen molar-refractivity contribution < 1.29 is 4.79 Å². The van der Waals surface area contributed by atoms with Crippen LogP contribution >= 0.6 is 22.9 Å². The van der Waals surface area contributed by atoms with Gasteiger partial charge in [0, 0.05) is 28.2 Å². The number of aryl methyl sites for hydroxylation is 1. The highest BCUT2D eigenvalue weighted by Gasteiger charge is 2.18. The van der Waals surface area contributed by atoms with Gasteiger partial charge in [0.1, 0.15) is 11.4 Å². The molecule has 0 spiro atoms. The highest BCUT2D eigenvalue weighted by atomic mass is 35.5. The van der Waals surface area contributed by atoms with Crippen LogP contribution < -0.4 is 10.5 Å². The van der Waals surface area contributed by atoms with Crippen LogP contribution in [0.25, 0.3) is 21.3 Å². The Hall–Kier alpha value is -2.96. The molecule has 0 bridgehead atoms. The van der Waals surface area contributed by atoms with E-state index in [0.29, 0.717) is 21.8 Å². The van der Waals surface area contributed by atoms with Crippen molar-refractivity contribution in [1.29, 1.82) is 0 Å². The molecule has 0 atom stereocenters. The van der Waals surface area contributed by atoms with E-state index in [9.17, 15) is 9.59 Å². The third-order valence-electron chi connectivity index (χ3n) is 4.95. The Kier molecular flexibility index (Phi) is 5.70. The lowest BCUT2D eigenvalue weighted by Crippen LogP contribution is -2.36. The topological polar surface area (TPSA) is 55.2 Å². The number of benzene rings is 2. The van der Waals surface area contributed by atoms with Gasteiger partial charge in [-0.15, -0.1) is 11.3 Å². The zero-order chi connectivity index (χ0) is 21.3. The highest BCUT2D eigenvalue weighted by molar-refractivity contribution is 7.17. The van der Waals surface area contributed by atoms with E-state index in [4.69, 9.17) is 11.6 Å². The Balaban J connectivity index is 1.70. The number of thiophene rings is 1. The van der Waals surface area contributed by atoms with Crippen LogP contribution in [0.15, 0.2) is 65.0 Å². The number of anilines is 1. The highest BCUT2D eigenvalue weighted by Crippen LogP contribution is 2.31. The molecule has 0 unspecified atom stereocenters. The normalized spacial score (nSPS) is 11.0. The van der Waals surface area contributed by atoms with E-state index < -0.39 is 0 Å². The Morgan fingerprint density at radius 1 is 1.20 bits per heavy atom. The van der Waals surface area contributed by atoms with Crippen LogP contribution in [-0.4, -0.2) is 22.0 Å². The minimum atomic E-state index is -0.222. The number of hydrogen-bond donors (Lipinski definition) is 0. The van der Waals surface area contributed by atoms with Gasteiger partial charge in [0.05, 0.1) is 11.7 Å². The van der Waals surface area contributed by atoms with E-state index in [0.717, 1.165) is 22.4 Å². The van der Waals surface area contributed by atoms with Crippen LogP contribution in [0.2, 0.25) is 5.02 Å². The molecular formula is C23H20ClN3O2S. The summed E-state index contributed by atoms with van der Waals surface area (Å²) in [7, 11) is 0. The van der Waals surface area contributed by atoms with Gasteiger partial charge >= 0.3 is 0 Å². The molecule has 152 valence electrons. The molecule has 4 rings (SSSR count). The summed E-state index contributed by atoms with van der Waals surface area (Å²) in [6.45, 7) is 4.35. The van der Waals surface area contributed by atoms with Gasteiger partial charge in [-0.25, -0.2) is 4.98 Å². The standard InChI is InChI=1S/C23H20ClN3O2S/c1-3-27(18-6-4-5-15(2)11-18)20(28)12-26-14-25-22-21(23(26)29)19(13-30-22)16-7-9-17(24)10-8-16/h4-11,13-14H,3,12H2,1-2H3. The fourth-order valence-corrected chi connectivity index (χ4v) is 4.48. The molecule has 5 nitrogen and oxygen atoms in total. The third kappa shape index (κ3) is 3.88. The second kappa shape index (κ2) is 8.42. The van der Waals surface area contributed by atoms with Crippen molar-refractivity contribution in [2.45, 2.75) is 20.4 Å².